The standard InChI is InChI=1S/C12H14ClN3/c1-2-9(8-14)7-10-12(13)15-11-5-3-4-6-16(10)11/h3-7H,2,8,14H2,1H3. The number of hydrogen-bond acceptors (Lipinski definition) is 2. The third kappa shape index (κ3) is 1.96. The van der Waals surface area contributed by atoms with Crippen LogP contribution in [0.15, 0.2) is 30.0 Å². The topological polar surface area (TPSA) is 43.3 Å². The molecule has 0 aromatic carbocycles. The van der Waals surface area contributed by atoms with Crippen molar-refractivity contribution in [1.29, 1.82) is 0 Å². The first-order chi connectivity index (χ1) is 7.76. The molecule has 16 heavy (non-hydrogen) atoms. The first-order valence-electron chi connectivity index (χ1n) is 5.28. The molecular weight excluding hydrogens is 222 g/mol. The highest BCUT2D eigenvalue weighted by Gasteiger charge is 2.07. The summed E-state index contributed by atoms with van der Waals surface area (Å²) in [6, 6.07) is 5.82. The number of pyridine rings is 1. The highest BCUT2D eigenvalue weighted by molar-refractivity contribution is 6.31. The summed E-state index contributed by atoms with van der Waals surface area (Å²) in [5.74, 6) is 0. The van der Waals surface area contributed by atoms with E-state index in [0.29, 0.717) is 11.7 Å². The van der Waals surface area contributed by atoms with Gasteiger partial charge in [0, 0.05) is 12.7 Å². The van der Waals surface area contributed by atoms with Crippen molar-refractivity contribution >= 4 is 23.3 Å². The lowest BCUT2D eigenvalue weighted by Gasteiger charge is -2.01. The summed E-state index contributed by atoms with van der Waals surface area (Å²) in [6.07, 6.45) is 4.89. The van der Waals surface area contributed by atoms with Crippen LogP contribution in [-0.4, -0.2) is 15.9 Å². The number of aromatic nitrogens is 2. The van der Waals surface area contributed by atoms with Crippen LogP contribution in [0.3, 0.4) is 0 Å². The first kappa shape index (κ1) is 11.2. The van der Waals surface area contributed by atoms with E-state index in [-0.39, 0.29) is 0 Å². The van der Waals surface area contributed by atoms with Crippen LogP contribution >= 0.6 is 11.6 Å². The van der Waals surface area contributed by atoms with E-state index in [4.69, 9.17) is 17.3 Å². The van der Waals surface area contributed by atoms with E-state index in [1.54, 1.807) is 0 Å². The maximum Gasteiger partial charge on any atom is 0.155 e. The second kappa shape index (κ2) is 4.68. The van der Waals surface area contributed by atoms with Gasteiger partial charge < -0.3 is 5.73 Å². The quantitative estimate of drug-likeness (QED) is 0.889. The van der Waals surface area contributed by atoms with E-state index >= 15 is 0 Å². The lowest BCUT2D eigenvalue weighted by atomic mass is 10.2. The molecule has 2 rings (SSSR count). The van der Waals surface area contributed by atoms with Crippen LogP contribution in [0.2, 0.25) is 5.15 Å². The number of fused-ring (bicyclic) bond motifs is 1. The molecule has 0 fully saturated rings. The fraction of sp³-hybridized carbons (Fsp3) is 0.250. The Labute approximate surface area is 99.5 Å². The molecule has 84 valence electrons. The molecule has 2 N–H and O–H groups in total. The number of nitrogens with zero attached hydrogens (tertiary/aromatic N) is 2. The summed E-state index contributed by atoms with van der Waals surface area (Å²) in [6.45, 7) is 2.63. The van der Waals surface area contributed by atoms with Crippen LogP contribution in [0, 0.1) is 0 Å². The van der Waals surface area contributed by atoms with Crippen molar-refractivity contribution in [1.82, 2.24) is 9.38 Å². The molecule has 0 saturated heterocycles. The van der Waals surface area contributed by atoms with Crippen LogP contribution in [0.4, 0.5) is 0 Å². The predicted molar refractivity (Wildman–Crippen MR) is 67.5 cm³/mol. The van der Waals surface area contributed by atoms with Gasteiger partial charge in [-0.2, -0.15) is 0 Å². The molecule has 0 aliphatic rings. The van der Waals surface area contributed by atoms with Crippen LogP contribution in [-0.2, 0) is 0 Å². The molecule has 0 atom stereocenters. The van der Waals surface area contributed by atoms with E-state index in [0.717, 1.165) is 23.3 Å². The minimum atomic E-state index is 0.519. The molecule has 3 nitrogen and oxygen atoms in total. The summed E-state index contributed by atoms with van der Waals surface area (Å²) in [7, 11) is 0. The van der Waals surface area contributed by atoms with Gasteiger partial charge in [0.25, 0.3) is 0 Å². The molecule has 2 heterocycles. The molecule has 2 aromatic rings. The third-order valence-corrected chi connectivity index (χ3v) is 2.86. The molecule has 0 saturated carbocycles. The number of imidazole rings is 1. The molecule has 0 aliphatic heterocycles. The lowest BCUT2D eigenvalue weighted by molar-refractivity contribution is 1.02. The molecule has 4 heteroatoms. The zero-order valence-corrected chi connectivity index (χ0v) is 9.91. The molecule has 2 aromatic heterocycles. The van der Waals surface area contributed by atoms with Gasteiger partial charge in [0.2, 0.25) is 0 Å². The van der Waals surface area contributed by atoms with Crippen LogP contribution in [0.25, 0.3) is 11.7 Å². The molecule has 0 unspecified atom stereocenters. The summed E-state index contributed by atoms with van der Waals surface area (Å²) in [5.41, 5.74) is 8.57. The van der Waals surface area contributed by atoms with Gasteiger partial charge in [0.05, 0.1) is 5.69 Å². The normalized spacial score (nSPS) is 12.3. The largest absolute Gasteiger partial charge is 0.327 e. The molecule has 0 amide bonds. The Morgan fingerprint density at radius 3 is 3.06 bits per heavy atom. The number of hydrogen-bond donors (Lipinski definition) is 1. The van der Waals surface area contributed by atoms with Crippen molar-refractivity contribution in [2.24, 2.45) is 5.73 Å². The van der Waals surface area contributed by atoms with Crippen LogP contribution in [0.1, 0.15) is 19.0 Å². The zero-order chi connectivity index (χ0) is 11.5. The fourth-order valence-electron chi connectivity index (χ4n) is 1.61. The minimum absolute atomic E-state index is 0.519. The molecular formula is C12H14ClN3. The Hall–Kier alpha value is -1.32. The Balaban J connectivity index is 2.59. The van der Waals surface area contributed by atoms with E-state index in [2.05, 4.69) is 11.9 Å². The van der Waals surface area contributed by atoms with Crippen molar-refractivity contribution in [3.8, 4) is 0 Å². The number of nitrogens with two attached hydrogens (primary N) is 1. The molecule has 0 bridgehead atoms. The molecule has 0 aliphatic carbocycles. The van der Waals surface area contributed by atoms with Gasteiger partial charge in [-0.3, -0.25) is 4.40 Å². The van der Waals surface area contributed by atoms with E-state index < -0.39 is 0 Å². The Morgan fingerprint density at radius 1 is 1.56 bits per heavy atom. The van der Waals surface area contributed by atoms with Crippen LogP contribution < -0.4 is 5.73 Å². The van der Waals surface area contributed by atoms with Gasteiger partial charge in [-0.15, -0.1) is 0 Å². The summed E-state index contributed by atoms with van der Waals surface area (Å²) in [5, 5.41) is 0.519. The van der Waals surface area contributed by atoms with E-state index in [9.17, 15) is 0 Å². The zero-order valence-electron chi connectivity index (χ0n) is 9.15. The van der Waals surface area contributed by atoms with E-state index in [1.807, 2.05) is 34.9 Å². The van der Waals surface area contributed by atoms with Gasteiger partial charge in [-0.1, -0.05) is 30.2 Å². The Morgan fingerprint density at radius 2 is 2.38 bits per heavy atom. The average molecular weight is 236 g/mol. The average Bonchev–Trinajstić information content (AvgIpc) is 2.62. The Bertz CT molecular complexity index is 522. The maximum atomic E-state index is 6.11. The van der Waals surface area contributed by atoms with Gasteiger partial charge in [-0.25, -0.2) is 4.98 Å². The van der Waals surface area contributed by atoms with Crippen molar-refractivity contribution in [3.05, 3.63) is 40.8 Å². The second-order valence-electron chi connectivity index (χ2n) is 3.58. The van der Waals surface area contributed by atoms with Crippen molar-refractivity contribution in [3.63, 3.8) is 0 Å². The maximum absolute atomic E-state index is 6.11. The van der Waals surface area contributed by atoms with Gasteiger partial charge >= 0.3 is 0 Å². The van der Waals surface area contributed by atoms with Crippen molar-refractivity contribution in [2.75, 3.05) is 6.54 Å². The minimum Gasteiger partial charge on any atom is -0.327 e. The van der Waals surface area contributed by atoms with Gasteiger partial charge in [-0.05, 0) is 24.6 Å². The summed E-state index contributed by atoms with van der Waals surface area (Å²) in [4.78, 5) is 4.28. The predicted octanol–water partition coefficient (Wildman–Crippen LogP) is 2.74. The second-order valence-corrected chi connectivity index (χ2v) is 3.93. The SMILES string of the molecule is CCC(=Cc1c(Cl)nc2ccccn12)CN. The highest BCUT2D eigenvalue weighted by atomic mass is 35.5. The number of halogens is 1. The highest BCUT2D eigenvalue weighted by Crippen LogP contribution is 2.20. The fourth-order valence-corrected chi connectivity index (χ4v) is 1.85. The number of rotatable bonds is 3. The summed E-state index contributed by atoms with van der Waals surface area (Å²) < 4.78 is 1.97. The molecule has 0 radical (unpaired) electrons. The van der Waals surface area contributed by atoms with Gasteiger partial charge in [0.1, 0.15) is 5.65 Å². The molecule has 0 spiro atoms. The Kier molecular flexibility index (Phi) is 3.27. The van der Waals surface area contributed by atoms with E-state index in [1.165, 1.54) is 0 Å². The van der Waals surface area contributed by atoms with Gasteiger partial charge in [0.15, 0.2) is 5.15 Å². The first-order valence-corrected chi connectivity index (χ1v) is 5.66. The van der Waals surface area contributed by atoms with Crippen molar-refractivity contribution < 1.29 is 0 Å². The lowest BCUT2D eigenvalue weighted by Crippen LogP contribution is -2.02. The monoisotopic (exact) mass is 235 g/mol. The van der Waals surface area contributed by atoms with Crippen molar-refractivity contribution in [2.45, 2.75) is 13.3 Å². The summed E-state index contributed by atoms with van der Waals surface area (Å²) >= 11 is 6.11. The third-order valence-electron chi connectivity index (χ3n) is 2.58. The van der Waals surface area contributed by atoms with Crippen LogP contribution in [0.5, 0.6) is 0 Å². The smallest absolute Gasteiger partial charge is 0.155 e.